The molecule has 2 aliphatic rings. The molecule has 0 saturated carbocycles. The summed E-state index contributed by atoms with van der Waals surface area (Å²) in [6, 6.07) is 6.36. The molecule has 0 spiro atoms. The van der Waals surface area contributed by atoms with Crippen LogP contribution in [-0.4, -0.2) is 42.8 Å². The molecule has 6 nitrogen and oxygen atoms in total. The van der Waals surface area contributed by atoms with E-state index in [1.54, 1.807) is 24.3 Å². The lowest BCUT2D eigenvalue weighted by Crippen LogP contribution is -2.41. The van der Waals surface area contributed by atoms with Gasteiger partial charge >= 0.3 is 0 Å². The molecule has 0 amide bonds. The van der Waals surface area contributed by atoms with E-state index < -0.39 is 33.4 Å². The first-order valence-electron chi connectivity index (χ1n) is 6.78. The second-order valence-corrected chi connectivity index (χ2v) is 7.96. The van der Waals surface area contributed by atoms with Gasteiger partial charge in [-0.3, -0.25) is 9.59 Å². The number of Topliss-reactive ketones (excluding diaryl/α,β-unsaturated/α-hetero) is 2. The Morgan fingerprint density at radius 3 is 2.45 bits per heavy atom. The number of ketones is 2. The number of sulfonamides is 1. The van der Waals surface area contributed by atoms with Crippen molar-refractivity contribution >= 4 is 33.2 Å². The summed E-state index contributed by atoms with van der Waals surface area (Å²) < 4.78 is 30.5. The monoisotopic (exact) mass is 343 g/mol. The Labute approximate surface area is 133 Å². The van der Waals surface area contributed by atoms with Crippen LogP contribution in [-0.2, 0) is 30.0 Å². The zero-order valence-electron chi connectivity index (χ0n) is 11.8. The summed E-state index contributed by atoms with van der Waals surface area (Å²) in [7, 11) is -3.55. The van der Waals surface area contributed by atoms with Crippen molar-refractivity contribution in [2.75, 3.05) is 12.3 Å². The van der Waals surface area contributed by atoms with E-state index in [9.17, 15) is 18.0 Å². The second kappa shape index (κ2) is 5.13. The molecule has 0 aliphatic carbocycles. The van der Waals surface area contributed by atoms with Gasteiger partial charge in [-0.15, -0.1) is 0 Å². The molecule has 22 heavy (non-hydrogen) atoms. The maximum Gasteiger partial charge on any atom is 0.246 e. The van der Waals surface area contributed by atoms with Crippen LogP contribution in [0.15, 0.2) is 24.3 Å². The number of nitrogens with zero attached hydrogens (tertiary/aromatic N) is 1. The van der Waals surface area contributed by atoms with Crippen LogP contribution in [0.1, 0.15) is 18.9 Å². The Morgan fingerprint density at radius 2 is 1.91 bits per heavy atom. The number of rotatable bonds is 2. The van der Waals surface area contributed by atoms with Crippen molar-refractivity contribution in [2.45, 2.75) is 25.2 Å². The van der Waals surface area contributed by atoms with Gasteiger partial charge in [0.15, 0.2) is 11.8 Å². The van der Waals surface area contributed by atoms with E-state index in [0.29, 0.717) is 17.0 Å². The smallest absolute Gasteiger partial charge is 0.246 e. The van der Waals surface area contributed by atoms with Crippen LogP contribution < -0.4 is 0 Å². The first kappa shape index (κ1) is 15.6. The lowest BCUT2D eigenvalue weighted by molar-refractivity contribution is -0.138. The minimum absolute atomic E-state index is 0.0357. The highest BCUT2D eigenvalue weighted by atomic mass is 35.5. The average molecular weight is 344 g/mol. The molecule has 1 aromatic carbocycles. The molecule has 2 aliphatic heterocycles. The highest BCUT2D eigenvalue weighted by Gasteiger charge is 2.56. The average Bonchev–Trinajstić information content (AvgIpc) is 2.92. The molecular formula is C14H14ClNO5S. The number of carbonyl (C=O) groups excluding carboxylic acids is 2. The van der Waals surface area contributed by atoms with Gasteiger partial charge in [0.05, 0.1) is 5.75 Å². The fourth-order valence-corrected chi connectivity index (χ4v) is 4.45. The summed E-state index contributed by atoms with van der Waals surface area (Å²) in [6.07, 6.45) is -0.956. The molecule has 0 aromatic heterocycles. The van der Waals surface area contributed by atoms with E-state index in [0.717, 1.165) is 4.31 Å². The maximum absolute atomic E-state index is 12.4. The SMILES string of the molecule is CC1(c2ccc(Cl)cc2)OC(N2CCCS2(=O)=O)C(=O)C1=O. The third-order valence-corrected chi connectivity index (χ3v) is 6.17. The van der Waals surface area contributed by atoms with Crippen LogP contribution >= 0.6 is 11.6 Å². The third kappa shape index (κ3) is 2.28. The zero-order valence-corrected chi connectivity index (χ0v) is 13.4. The van der Waals surface area contributed by atoms with Gasteiger partial charge in [-0.2, -0.15) is 4.31 Å². The first-order chi connectivity index (χ1) is 10.3. The van der Waals surface area contributed by atoms with E-state index in [2.05, 4.69) is 0 Å². The van der Waals surface area contributed by atoms with Crippen molar-refractivity contribution in [1.29, 1.82) is 0 Å². The Balaban J connectivity index is 1.98. The van der Waals surface area contributed by atoms with Crippen LogP contribution in [0, 0.1) is 0 Å². The lowest BCUT2D eigenvalue weighted by atomic mass is 9.91. The Bertz CT molecular complexity index is 745. The quantitative estimate of drug-likeness (QED) is 0.751. The van der Waals surface area contributed by atoms with Gasteiger partial charge in [-0.25, -0.2) is 8.42 Å². The van der Waals surface area contributed by atoms with Gasteiger partial charge in [0, 0.05) is 11.6 Å². The number of benzene rings is 1. The van der Waals surface area contributed by atoms with Crippen LogP contribution in [0.2, 0.25) is 5.02 Å². The molecular weight excluding hydrogens is 330 g/mol. The first-order valence-corrected chi connectivity index (χ1v) is 8.76. The fourth-order valence-electron chi connectivity index (χ4n) is 2.76. The Kier molecular flexibility index (Phi) is 3.64. The summed E-state index contributed by atoms with van der Waals surface area (Å²) in [6.45, 7) is 1.65. The van der Waals surface area contributed by atoms with Gasteiger partial charge in [-0.05, 0) is 31.0 Å². The highest BCUT2D eigenvalue weighted by Crippen LogP contribution is 2.37. The van der Waals surface area contributed by atoms with Crippen molar-refractivity contribution in [3.63, 3.8) is 0 Å². The maximum atomic E-state index is 12.4. The standard InChI is InChI=1S/C14H14ClNO5S/c1-14(9-3-5-10(15)6-4-9)12(18)11(17)13(21-14)16-7-2-8-22(16,19)20/h3-6,13H,2,7-8H2,1H3. The van der Waals surface area contributed by atoms with Crippen molar-refractivity contribution in [1.82, 2.24) is 4.31 Å². The van der Waals surface area contributed by atoms with Crippen LogP contribution in [0.25, 0.3) is 0 Å². The molecule has 0 radical (unpaired) electrons. The number of hydrogen-bond donors (Lipinski definition) is 0. The van der Waals surface area contributed by atoms with Crippen molar-refractivity contribution in [3.8, 4) is 0 Å². The second-order valence-electron chi connectivity index (χ2n) is 5.48. The van der Waals surface area contributed by atoms with Crippen molar-refractivity contribution in [2.24, 2.45) is 0 Å². The van der Waals surface area contributed by atoms with Crippen molar-refractivity contribution < 1.29 is 22.7 Å². The molecule has 2 fully saturated rings. The number of ether oxygens (including phenoxy) is 1. The Hall–Kier alpha value is -1.28. The van der Waals surface area contributed by atoms with Gasteiger partial charge in [0.25, 0.3) is 0 Å². The zero-order chi connectivity index (χ0) is 16.1. The molecule has 0 bridgehead atoms. The van der Waals surface area contributed by atoms with Gasteiger partial charge in [0.1, 0.15) is 0 Å². The largest absolute Gasteiger partial charge is 0.335 e. The summed E-state index contributed by atoms with van der Waals surface area (Å²) in [5.74, 6) is -1.61. The normalized spacial score (nSPS) is 31.8. The fraction of sp³-hybridized carbons (Fsp3) is 0.429. The molecule has 0 N–H and O–H groups in total. The van der Waals surface area contributed by atoms with E-state index in [1.165, 1.54) is 6.92 Å². The molecule has 2 heterocycles. The summed E-state index contributed by atoms with van der Waals surface area (Å²) in [4.78, 5) is 24.6. The topological polar surface area (TPSA) is 80.8 Å². The molecule has 3 rings (SSSR count). The minimum atomic E-state index is -3.55. The van der Waals surface area contributed by atoms with Crippen LogP contribution in [0.3, 0.4) is 0 Å². The van der Waals surface area contributed by atoms with E-state index in [-0.39, 0.29) is 12.3 Å². The van der Waals surface area contributed by atoms with Crippen LogP contribution in [0.4, 0.5) is 0 Å². The summed E-state index contributed by atoms with van der Waals surface area (Å²) >= 11 is 5.82. The van der Waals surface area contributed by atoms with Crippen molar-refractivity contribution in [3.05, 3.63) is 34.9 Å². The molecule has 2 unspecified atom stereocenters. The van der Waals surface area contributed by atoms with Crippen LogP contribution in [0.5, 0.6) is 0 Å². The molecule has 1 aromatic rings. The number of carbonyl (C=O) groups is 2. The Morgan fingerprint density at radius 1 is 1.27 bits per heavy atom. The lowest BCUT2D eigenvalue weighted by Gasteiger charge is -2.25. The van der Waals surface area contributed by atoms with E-state index >= 15 is 0 Å². The van der Waals surface area contributed by atoms with Gasteiger partial charge in [0.2, 0.25) is 21.6 Å². The van der Waals surface area contributed by atoms with Gasteiger partial charge < -0.3 is 4.74 Å². The molecule has 118 valence electrons. The molecule has 8 heteroatoms. The van der Waals surface area contributed by atoms with E-state index in [1.807, 2.05) is 0 Å². The number of hydrogen-bond acceptors (Lipinski definition) is 5. The number of halogens is 1. The van der Waals surface area contributed by atoms with Gasteiger partial charge in [-0.1, -0.05) is 23.7 Å². The summed E-state index contributed by atoms with van der Waals surface area (Å²) in [5.41, 5.74) is -1.03. The third-order valence-electron chi connectivity index (χ3n) is 4.02. The predicted octanol–water partition coefficient (Wildman–Crippen LogP) is 1.09. The predicted molar refractivity (Wildman–Crippen MR) is 78.8 cm³/mol. The minimum Gasteiger partial charge on any atom is -0.335 e. The molecule has 2 atom stereocenters. The van der Waals surface area contributed by atoms with E-state index in [4.69, 9.17) is 16.3 Å². The molecule has 2 saturated heterocycles. The summed E-state index contributed by atoms with van der Waals surface area (Å²) in [5, 5.41) is 0.489. The highest BCUT2D eigenvalue weighted by molar-refractivity contribution is 7.89.